The molecule has 3 unspecified atom stereocenters. The van der Waals surface area contributed by atoms with Crippen molar-refractivity contribution in [2.75, 3.05) is 17.2 Å². The Bertz CT molecular complexity index is 752. The topological polar surface area (TPSA) is 24.1 Å². The second kappa shape index (κ2) is 6.40. The van der Waals surface area contributed by atoms with E-state index in [1.807, 2.05) is 0 Å². The second-order valence-corrected chi connectivity index (χ2v) is 8.36. The van der Waals surface area contributed by atoms with Crippen LogP contribution in [0.2, 0.25) is 0 Å². The van der Waals surface area contributed by atoms with Crippen LogP contribution in [0.3, 0.4) is 0 Å². The van der Waals surface area contributed by atoms with E-state index >= 15 is 0 Å². The van der Waals surface area contributed by atoms with E-state index in [1.165, 1.54) is 47.3 Å². The summed E-state index contributed by atoms with van der Waals surface area (Å²) < 4.78 is 0. The molecular weight excluding hydrogens is 304 g/mol. The van der Waals surface area contributed by atoms with Gasteiger partial charge in [-0.15, -0.1) is 0 Å². The summed E-state index contributed by atoms with van der Waals surface area (Å²) in [5.41, 5.74) is 7.15. The summed E-state index contributed by atoms with van der Waals surface area (Å²) in [6.07, 6.45) is 4.82. The van der Waals surface area contributed by atoms with E-state index in [0.717, 1.165) is 18.9 Å². The summed E-state index contributed by atoms with van der Waals surface area (Å²) in [5.74, 6) is 0.761. The molecule has 0 saturated heterocycles. The Hall–Kier alpha value is -1.96. The largest absolute Gasteiger partial charge is 0.385 e. The minimum absolute atomic E-state index is 0.0805. The van der Waals surface area contributed by atoms with Crippen LogP contribution in [0.1, 0.15) is 56.7 Å². The zero-order chi connectivity index (χ0) is 17.4. The number of aryl methyl sites for hydroxylation is 1. The molecule has 25 heavy (non-hydrogen) atoms. The molecule has 4 rings (SSSR count). The average Bonchev–Trinajstić information content (AvgIpc) is 2.65. The molecule has 0 amide bonds. The quantitative estimate of drug-likeness (QED) is 0.711. The Morgan fingerprint density at radius 2 is 1.88 bits per heavy atom. The van der Waals surface area contributed by atoms with Gasteiger partial charge in [-0.25, -0.2) is 0 Å². The van der Waals surface area contributed by atoms with E-state index in [4.69, 9.17) is 0 Å². The van der Waals surface area contributed by atoms with Crippen LogP contribution in [0.4, 0.5) is 11.4 Å². The first kappa shape index (κ1) is 16.5. The number of fused-ring (bicyclic) bond motifs is 4. The van der Waals surface area contributed by atoms with Gasteiger partial charge in [0.05, 0.1) is 0 Å². The lowest BCUT2D eigenvalue weighted by molar-refractivity contribution is 0.467. The first-order chi connectivity index (χ1) is 12.1. The molecule has 0 saturated carbocycles. The lowest BCUT2D eigenvalue weighted by atomic mass is 9.70. The zero-order valence-corrected chi connectivity index (χ0v) is 15.7. The number of nitrogens with one attached hydrogen (secondary N) is 2. The number of hydrogen-bond donors (Lipinski definition) is 2. The predicted octanol–water partition coefficient (Wildman–Crippen LogP) is 5.58. The third kappa shape index (κ3) is 3.03. The monoisotopic (exact) mass is 334 g/mol. The zero-order valence-electron chi connectivity index (χ0n) is 15.7. The smallest absolute Gasteiger partial charge is 0.0415 e. The molecule has 0 radical (unpaired) electrons. The first-order valence-electron chi connectivity index (χ1n) is 9.79. The van der Waals surface area contributed by atoms with Crippen LogP contribution in [-0.4, -0.2) is 12.6 Å². The summed E-state index contributed by atoms with van der Waals surface area (Å²) in [6, 6.07) is 16.4. The number of hydrogen-bond acceptors (Lipinski definition) is 2. The molecule has 132 valence electrons. The lowest BCUT2D eigenvalue weighted by Gasteiger charge is -2.39. The predicted molar refractivity (Wildman–Crippen MR) is 108 cm³/mol. The number of rotatable bonds is 1. The van der Waals surface area contributed by atoms with Gasteiger partial charge >= 0.3 is 0 Å². The fourth-order valence-electron chi connectivity index (χ4n) is 4.77. The fraction of sp³-hybridized carbons (Fsp3) is 0.478. The summed E-state index contributed by atoms with van der Waals surface area (Å²) in [6.45, 7) is 8.17. The van der Waals surface area contributed by atoms with Crippen molar-refractivity contribution in [1.29, 1.82) is 0 Å². The van der Waals surface area contributed by atoms with Crippen LogP contribution in [0.5, 0.6) is 0 Å². The van der Waals surface area contributed by atoms with Crippen molar-refractivity contribution in [3.8, 4) is 0 Å². The Morgan fingerprint density at radius 3 is 2.68 bits per heavy atom. The summed E-state index contributed by atoms with van der Waals surface area (Å²) >= 11 is 0. The molecular formula is C23H30N2. The van der Waals surface area contributed by atoms with Crippen LogP contribution in [0.25, 0.3) is 0 Å². The highest BCUT2D eigenvalue weighted by atomic mass is 14.9. The molecule has 2 aromatic carbocycles. The Kier molecular flexibility index (Phi) is 4.23. The van der Waals surface area contributed by atoms with Gasteiger partial charge in [0.15, 0.2) is 0 Å². The maximum absolute atomic E-state index is 3.77. The van der Waals surface area contributed by atoms with Gasteiger partial charge in [-0.3, -0.25) is 0 Å². The van der Waals surface area contributed by atoms with Gasteiger partial charge in [-0.2, -0.15) is 0 Å². The van der Waals surface area contributed by atoms with Crippen molar-refractivity contribution in [1.82, 2.24) is 0 Å². The molecule has 0 fully saturated rings. The van der Waals surface area contributed by atoms with Crippen LogP contribution in [0, 0.1) is 5.92 Å². The molecule has 2 aromatic rings. The molecule has 2 N–H and O–H groups in total. The number of benzene rings is 2. The first-order valence-corrected chi connectivity index (χ1v) is 9.79. The SMILES string of the molecule is CC1CCc2cc(cc3c2NCCC3(C)c2ccccc2)NC(C)C1. The van der Waals surface area contributed by atoms with E-state index in [9.17, 15) is 0 Å². The van der Waals surface area contributed by atoms with E-state index in [2.05, 4.69) is 73.9 Å². The molecule has 0 spiro atoms. The van der Waals surface area contributed by atoms with Crippen LogP contribution < -0.4 is 10.6 Å². The van der Waals surface area contributed by atoms with Crippen molar-refractivity contribution in [3.05, 3.63) is 59.2 Å². The molecule has 0 aliphatic carbocycles. The molecule has 3 atom stereocenters. The maximum atomic E-state index is 3.77. The third-order valence-corrected chi connectivity index (χ3v) is 6.23. The average molecular weight is 335 g/mol. The maximum Gasteiger partial charge on any atom is 0.0415 e. The molecule has 2 aliphatic rings. The third-order valence-electron chi connectivity index (χ3n) is 6.23. The van der Waals surface area contributed by atoms with Crippen molar-refractivity contribution >= 4 is 11.4 Å². The van der Waals surface area contributed by atoms with Crippen LogP contribution in [0.15, 0.2) is 42.5 Å². The number of anilines is 2. The van der Waals surface area contributed by atoms with E-state index in [-0.39, 0.29) is 5.41 Å². The van der Waals surface area contributed by atoms with Gasteiger partial charge < -0.3 is 10.6 Å². The van der Waals surface area contributed by atoms with Gasteiger partial charge in [0.2, 0.25) is 0 Å². The van der Waals surface area contributed by atoms with Crippen molar-refractivity contribution in [2.24, 2.45) is 5.92 Å². The minimum atomic E-state index is 0.0805. The van der Waals surface area contributed by atoms with Crippen molar-refractivity contribution in [2.45, 2.75) is 57.9 Å². The second-order valence-electron chi connectivity index (χ2n) is 8.36. The Labute approximate surface area is 152 Å². The molecule has 2 nitrogen and oxygen atoms in total. The summed E-state index contributed by atoms with van der Waals surface area (Å²) in [4.78, 5) is 0. The Balaban J connectivity index is 1.85. The van der Waals surface area contributed by atoms with Gasteiger partial charge in [0.25, 0.3) is 0 Å². The van der Waals surface area contributed by atoms with Crippen LogP contribution in [-0.2, 0) is 11.8 Å². The summed E-state index contributed by atoms with van der Waals surface area (Å²) in [7, 11) is 0. The standard InChI is InChI=1S/C23H30N2/c1-16-9-10-18-14-20(25-17(2)13-16)15-21-22(18)24-12-11-23(21,3)19-7-5-4-6-8-19/h4-8,14-17,24-25H,9-13H2,1-3H3. The normalized spacial score (nSPS) is 28.6. The molecule has 2 heteroatoms. The van der Waals surface area contributed by atoms with Gasteiger partial charge in [-0.1, -0.05) is 44.2 Å². The molecule has 0 aromatic heterocycles. The minimum Gasteiger partial charge on any atom is -0.385 e. The highest BCUT2D eigenvalue weighted by Crippen LogP contribution is 2.45. The highest BCUT2D eigenvalue weighted by molar-refractivity contribution is 5.70. The van der Waals surface area contributed by atoms with Gasteiger partial charge in [0, 0.05) is 29.4 Å². The molecule has 2 aliphatic heterocycles. The molecule has 2 heterocycles. The van der Waals surface area contributed by atoms with Crippen molar-refractivity contribution < 1.29 is 0 Å². The fourth-order valence-corrected chi connectivity index (χ4v) is 4.77. The lowest BCUT2D eigenvalue weighted by Crippen LogP contribution is -2.33. The van der Waals surface area contributed by atoms with Gasteiger partial charge in [-0.05, 0) is 67.3 Å². The van der Waals surface area contributed by atoms with E-state index in [0.29, 0.717) is 6.04 Å². The summed E-state index contributed by atoms with van der Waals surface area (Å²) in [5, 5.41) is 7.50. The highest BCUT2D eigenvalue weighted by Gasteiger charge is 2.35. The van der Waals surface area contributed by atoms with E-state index < -0.39 is 0 Å². The Morgan fingerprint density at radius 1 is 1.08 bits per heavy atom. The van der Waals surface area contributed by atoms with E-state index in [1.54, 1.807) is 0 Å². The molecule has 2 bridgehead atoms. The van der Waals surface area contributed by atoms with Crippen LogP contribution >= 0.6 is 0 Å². The van der Waals surface area contributed by atoms with Gasteiger partial charge in [0.1, 0.15) is 0 Å². The van der Waals surface area contributed by atoms with Crippen molar-refractivity contribution in [3.63, 3.8) is 0 Å².